The van der Waals surface area contributed by atoms with Crippen molar-refractivity contribution in [1.82, 2.24) is 30.7 Å². The van der Waals surface area contributed by atoms with E-state index in [4.69, 9.17) is 0 Å². The van der Waals surface area contributed by atoms with Gasteiger partial charge in [-0.3, -0.25) is 0 Å². The number of amides is 6. The minimum Gasteiger partial charge on any atom is -0.341 e. The van der Waals surface area contributed by atoms with Gasteiger partial charge in [0.15, 0.2) is 0 Å². The van der Waals surface area contributed by atoms with E-state index in [1.165, 1.54) is 0 Å². The maximum absolute atomic E-state index is 11.8. The second kappa shape index (κ2) is 8.18. The van der Waals surface area contributed by atoms with Crippen molar-refractivity contribution in [3.63, 3.8) is 0 Å². The summed E-state index contributed by atoms with van der Waals surface area (Å²) in [6.07, 6.45) is 0. The number of hydrogen-bond acceptors (Lipinski definition) is 3. The van der Waals surface area contributed by atoms with Crippen LogP contribution in [-0.4, -0.2) is 93.2 Å². The molecular weight excluding hydrogens is 276 g/mol. The summed E-state index contributed by atoms with van der Waals surface area (Å²) in [6, 6.07) is -0.651. The summed E-state index contributed by atoms with van der Waals surface area (Å²) in [7, 11) is 4.67. The first-order chi connectivity index (χ1) is 10.0. The Morgan fingerprint density at radius 3 is 0.905 bits per heavy atom. The third kappa shape index (κ3) is 4.69. The van der Waals surface area contributed by atoms with Crippen LogP contribution < -0.4 is 16.0 Å². The molecule has 0 unspecified atom stereocenters. The zero-order valence-corrected chi connectivity index (χ0v) is 12.8. The van der Waals surface area contributed by atoms with Gasteiger partial charge in [-0.05, 0) is 0 Å². The second-order valence-electron chi connectivity index (χ2n) is 4.63. The maximum atomic E-state index is 11.8. The van der Waals surface area contributed by atoms with E-state index in [-0.39, 0.29) is 18.1 Å². The molecule has 6 amide bonds. The van der Waals surface area contributed by atoms with Crippen LogP contribution in [0.5, 0.6) is 0 Å². The Morgan fingerprint density at radius 2 is 0.762 bits per heavy atom. The number of hydrogen-bond donors (Lipinski definition) is 3. The molecule has 1 fully saturated rings. The third-order valence-corrected chi connectivity index (χ3v) is 3.42. The van der Waals surface area contributed by atoms with Crippen LogP contribution in [0.4, 0.5) is 14.4 Å². The molecule has 1 heterocycles. The molecule has 0 aromatic rings. The van der Waals surface area contributed by atoms with Gasteiger partial charge in [0.05, 0.1) is 0 Å². The summed E-state index contributed by atoms with van der Waals surface area (Å²) in [5, 5.41) is 7.70. The number of carbonyl (C=O) groups excluding carboxylic acids is 3. The Hall–Kier alpha value is -2.19. The quantitative estimate of drug-likeness (QED) is 0.531. The molecule has 0 aromatic heterocycles. The molecule has 0 atom stereocenters. The van der Waals surface area contributed by atoms with Crippen LogP contribution in [0, 0.1) is 0 Å². The number of rotatable bonds is 0. The van der Waals surface area contributed by atoms with E-state index < -0.39 is 0 Å². The van der Waals surface area contributed by atoms with E-state index in [0.717, 1.165) is 0 Å². The lowest BCUT2D eigenvalue weighted by molar-refractivity contribution is 0.182. The molecule has 1 aliphatic heterocycles. The maximum Gasteiger partial charge on any atom is 0.317 e. The summed E-state index contributed by atoms with van der Waals surface area (Å²) >= 11 is 0. The van der Waals surface area contributed by atoms with E-state index >= 15 is 0 Å². The zero-order chi connectivity index (χ0) is 15.8. The van der Waals surface area contributed by atoms with Crippen LogP contribution >= 0.6 is 0 Å². The molecule has 0 radical (unpaired) electrons. The van der Waals surface area contributed by atoms with Gasteiger partial charge < -0.3 is 30.7 Å². The predicted octanol–water partition coefficient (Wildman–Crippen LogP) is -1.08. The normalized spacial score (nSPS) is 16.4. The summed E-state index contributed by atoms with van der Waals surface area (Å²) in [5.41, 5.74) is 0. The molecule has 21 heavy (non-hydrogen) atoms. The number of nitrogens with one attached hydrogen (secondary N) is 3. The van der Waals surface area contributed by atoms with E-state index in [2.05, 4.69) is 16.0 Å². The summed E-state index contributed by atoms with van der Waals surface area (Å²) in [6.45, 7) is 2.55. The lowest BCUT2D eigenvalue weighted by Gasteiger charge is -2.25. The molecule has 0 saturated carbocycles. The highest BCUT2D eigenvalue weighted by Gasteiger charge is 2.22. The monoisotopic (exact) mass is 300 g/mol. The lowest BCUT2D eigenvalue weighted by Crippen LogP contribution is -2.46. The van der Waals surface area contributed by atoms with Crippen LogP contribution in [0.3, 0.4) is 0 Å². The molecule has 1 aliphatic rings. The number of carbonyl (C=O) groups is 3. The van der Waals surface area contributed by atoms with Gasteiger partial charge in [0.2, 0.25) is 0 Å². The number of nitrogens with zero attached hydrogens (tertiary/aromatic N) is 3. The average Bonchev–Trinajstić information content (AvgIpc) is 2.62. The smallest absolute Gasteiger partial charge is 0.317 e. The zero-order valence-electron chi connectivity index (χ0n) is 12.8. The molecular formula is C12H24N6O3. The summed E-state index contributed by atoms with van der Waals surface area (Å²) < 4.78 is 0. The van der Waals surface area contributed by atoms with Gasteiger partial charge in [0.25, 0.3) is 0 Å². The molecule has 0 spiro atoms. The molecule has 0 aromatic carbocycles. The first-order valence-electron chi connectivity index (χ1n) is 6.93. The molecule has 9 nitrogen and oxygen atoms in total. The Bertz CT molecular complexity index is 320. The largest absolute Gasteiger partial charge is 0.341 e. The van der Waals surface area contributed by atoms with Crippen molar-refractivity contribution < 1.29 is 14.4 Å². The SMILES string of the molecule is CNC(=O)N1CCN(C(=O)NC)CCN(C(=O)NC)CC1. The first kappa shape index (κ1) is 16.9. The van der Waals surface area contributed by atoms with Gasteiger partial charge in [0.1, 0.15) is 0 Å². The van der Waals surface area contributed by atoms with Gasteiger partial charge in [-0.25, -0.2) is 14.4 Å². The Labute approximate surface area is 124 Å². The lowest BCUT2D eigenvalue weighted by atomic mass is 10.4. The van der Waals surface area contributed by atoms with Crippen LogP contribution in [0.1, 0.15) is 0 Å². The van der Waals surface area contributed by atoms with Gasteiger partial charge in [0, 0.05) is 60.4 Å². The minimum absolute atomic E-state index is 0.217. The molecule has 0 bridgehead atoms. The van der Waals surface area contributed by atoms with E-state index in [1.54, 1.807) is 35.8 Å². The van der Waals surface area contributed by atoms with Crippen LogP contribution in [0.2, 0.25) is 0 Å². The van der Waals surface area contributed by atoms with Crippen molar-refractivity contribution in [3.05, 3.63) is 0 Å². The van der Waals surface area contributed by atoms with Crippen molar-refractivity contribution in [1.29, 1.82) is 0 Å². The van der Waals surface area contributed by atoms with E-state index in [9.17, 15) is 14.4 Å². The number of urea groups is 3. The fourth-order valence-corrected chi connectivity index (χ4v) is 2.14. The van der Waals surface area contributed by atoms with Crippen LogP contribution in [0.15, 0.2) is 0 Å². The van der Waals surface area contributed by atoms with Crippen molar-refractivity contribution in [2.75, 3.05) is 60.4 Å². The molecule has 0 aliphatic carbocycles. The highest BCUT2D eigenvalue weighted by molar-refractivity contribution is 5.76. The molecule has 9 heteroatoms. The molecule has 1 saturated heterocycles. The fourth-order valence-electron chi connectivity index (χ4n) is 2.14. The van der Waals surface area contributed by atoms with Gasteiger partial charge in [-0.15, -0.1) is 0 Å². The van der Waals surface area contributed by atoms with Crippen molar-refractivity contribution in [2.45, 2.75) is 0 Å². The Morgan fingerprint density at radius 1 is 0.571 bits per heavy atom. The minimum atomic E-state index is -0.217. The molecule has 3 N–H and O–H groups in total. The van der Waals surface area contributed by atoms with Crippen LogP contribution in [-0.2, 0) is 0 Å². The Kier molecular flexibility index (Phi) is 6.57. The van der Waals surface area contributed by atoms with Crippen molar-refractivity contribution >= 4 is 18.1 Å². The van der Waals surface area contributed by atoms with Gasteiger partial charge >= 0.3 is 18.1 Å². The van der Waals surface area contributed by atoms with Gasteiger partial charge in [-0.1, -0.05) is 0 Å². The van der Waals surface area contributed by atoms with Crippen LogP contribution in [0.25, 0.3) is 0 Å². The third-order valence-electron chi connectivity index (χ3n) is 3.42. The van der Waals surface area contributed by atoms with Crippen molar-refractivity contribution in [2.24, 2.45) is 0 Å². The highest BCUT2D eigenvalue weighted by Crippen LogP contribution is 2.02. The Balaban J connectivity index is 2.83. The van der Waals surface area contributed by atoms with E-state index in [0.29, 0.717) is 39.3 Å². The first-order valence-corrected chi connectivity index (χ1v) is 6.93. The standard InChI is InChI=1S/C12H24N6O3/c1-13-10(19)16-4-6-17(11(20)14-2)8-9-18(7-5-16)12(21)15-3/h4-9H2,1-3H3,(H,13,19)(H,14,20)(H,15,21). The average molecular weight is 300 g/mol. The topological polar surface area (TPSA) is 97.0 Å². The van der Waals surface area contributed by atoms with E-state index in [1.807, 2.05) is 0 Å². The van der Waals surface area contributed by atoms with Gasteiger partial charge in [-0.2, -0.15) is 0 Å². The molecule has 120 valence electrons. The summed E-state index contributed by atoms with van der Waals surface area (Å²) in [5.74, 6) is 0. The predicted molar refractivity (Wildman–Crippen MR) is 78.1 cm³/mol. The molecule has 1 rings (SSSR count). The highest BCUT2D eigenvalue weighted by atomic mass is 16.2. The summed E-state index contributed by atoms with van der Waals surface area (Å²) in [4.78, 5) is 40.2. The van der Waals surface area contributed by atoms with Crippen molar-refractivity contribution in [3.8, 4) is 0 Å². The second-order valence-corrected chi connectivity index (χ2v) is 4.63. The fraction of sp³-hybridized carbons (Fsp3) is 0.750.